The normalized spacial score (nSPS) is 20.0. The quantitative estimate of drug-likeness (QED) is 0.253. The Kier molecular flexibility index (Phi) is 9.09. The van der Waals surface area contributed by atoms with Crippen molar-refractivity contribution in [3.05, 3.63) is 82.5 Å². The van der Waals surface area contributed by atoms with Crippen LogP contribution in [-0.2, 0) is 5.92 Å². The zero-order valence-electron chi connectivity index (χ0n) is 23.2. The molecule has 204 valence electrons. The Balaban J connectivity index is 1.92. The number of nitrogens with zero attached hydrogens (tertiary/aromatic N) is 3. The lowest BCUT2D eigenvalue weighted by atomic mass is 9.85. The third kappa shape index (κ3) is 6.13. The summed E-state index contributed by atoms with van der Waals surface area (Å²) >= 11 is 0. The number of nitriles is 1. The summed E-state index contributed by atoms with van der Waals surface area (Å²) in [5, 5.41) is 13.0. The van der Waals surface area contributed by atoms with E-state index < -0.39 is 34.7 Å². The van der Waals surface area contributed by atoms with Crippen LogP contribution in [0.25, 0.3) is 0 Å². The smallest absolute Gasteiger partial charge is 0.278 e. The van der Waals surface area contributed by atoms with Gasteiger partial charge >= 0.3 is 0 Å². The highest BCUT2D eigenvalue weighted by atomic mass is 19.3. The molecule has 2 fully saturated rings. The van der Waals surface area contributed by atoms with Crippen molar-refractivity contribution in [2.45, 2.75) is 65.3 Å². The number of hydrogen-bond donors (Lipinski definition) is 1. The Morgan fingerprint density at radius 3 is 2.42 bits per heavy atom. The third-order valence-corrected chi connectivity index (χ3v) is 7.74. The molecule has 1 aromatic rings. The number of nitrogens with one attached hydrogen (secondary N) is 1. The Morgan fingerprint density at radius 1 is 1.26 bits per heavy atom. The van der Waals surface area contributed by atoms with Gasteiger partial charge < -0.3 is 10.2 Å². The number of piperidine rings is 1. The summed E-state index contributed by atoms with van der Waals surface area (Å²) in [5.41, 5.74) is 2.40. The van der Waals surface area contributed by atoms with Gasteiger partial charge in [0.05, 0.1) is 23.1 Å². The van der Waals surface area contributed by atoms with Crippen LogP contribution in [0, 0.1) is 28.5 Å². The minimum atomic E-state index is -3.26. The maximum absolute atomic E-state index is 15.7. The van der Waals surface area contributed by atoms with Gasteiger partial charge in [-0.05, 0) is 85.2 Å². The molecule has 1 saturated carbocycles. The molecule has 2 aliphatic rings. The van der Waals surface area contributed by atoms with Gasteiger partial charge in [0.15, 0.2) is 0 Å². The van der Waals surface area contributed by atoms with Crippen molar-refractivity contribution in [2.24, 2.45) is 16.3 Å². The summed E-state index contributed by atoms with van der Waals surface area (Å²) in [5.74, 6) is -5.05. The molecular formula is C31H39F3N4. The summed E-state index contributed by atoms with van der Waals surface area (Å²) in [4.78, 5) is 6.42. The Labute approximate surface area is 225 Å². The van der Waals surface area contributed by atoms with Gasteiger partial charge in [-0.2, -0.15) is 5.26 Å². The van der Waals surface area contributed by atoms with Crippen molar-refractivity contribution in [2.75, 3.05) is 20.1 Å². The van der Waals surface area contributed by atoms with E-state index in [-0.39, 0.29) is 5.56 Å². The van der Waals surface area contributed by atoms with Gasteiger partial charge in [0.2, 0.25) is 0 Å². The first-order valence-electron chi connectivity index (χ1n) is 13.2. The summed E-state index contributed by atoms with van der Waals surface area (Å²) in [6.07, 6.45) is 5.70. The fraction of sp³-hybridized carbons (Fsp3) is 0.484. The van der Waals surface area contributed by atoms with Crippen LogP contribution in [0.5, 0.6) is 0 Å². The zero-order chi connectivity index (χ0) is 28.3. The molecule has 0 spiro atoms. The molecule has 1 aliphatic carbocycles. The number of rotatable bonds is 10. The molecule has 0 radical (unpaired) electrons. The van der Waals surface area contributed by atoms with Gasteiger partial charge in [0.1, 0.15) is 5.82 Å². The van der Waals surface area contributed by atoms with Crippen LogP contribution < -0.4 is 5.32 Å². The van der Waals surface area contributed by atoms with E-state index in [4.69, 9.17) is 0 Å². The summed E-state index contributed by atoms with van der Waals surface area (Å²) in [6, 6.07) is 5.98. The molecule has 0 unspecified atom stereocenters. The fourth-order valence-electron chi connectivity index (χ4n) is 5.20. The van der Waals surface area contributed by atoms with Crippen LogP contribution in [0.3, 0.4) is 0 Å². The van der Waals surface area contributed by atoms with E-state index in [9.17, 15) is 5.26 Å². The van der Waals surface area contributed by atoms with Gasteiger partial charge in [-0.25, -0.2) is 13.2 Å². The second-order valence-corrected chi connectivity index (χ2v) is 10.7. The van der Waals surface area contributed by atoms with Crippen molar-refractivity contribution in [3.63, 3.8) is 0 Å². The predicted molar refractivity (Wildman–Crippen MR) is 148 cm³/mol. The molecule has 1 saturated heterocycles. The lowest BCUT2D eigenvalue weighted by molar-refractivity contribution is -0.0863. The van der Waals surface area contributed by atoms with Gasteiger partial charge in [-0.3, -0.25) is 4.99 Å². The molecule has 1 aliphatic heterocycles. The largest absolute Gasteiger partial charge is 0.378 e. The summed E-state index contributed by atoms with van der Waals surface area (Å²) in [7, 11) is 1.91. The highest BCUT2D eigenvalue weighted by Gasteiger charge is 2.47. The van der Waals surface area contributed by atoms with Crippen LogP contribution in [0.15, 0.2) is 70.5 Å². The first-order chi connectivity index (χ1) is 17.9. The molecule has 1 heterocycles. The Morgan fingerprint density at radius 2 is 1.89 bits per heavy atom. The predicted octanol–water partition coefficient (Wildman–Crippen LogP) is 7.59. The highest BCUT2D eigenvalue weighted by Crippen LogP contribution is 2.54. The Hall–Kier alpha value is -3.11. The maximum atomic E-state index is 15.7. The first-order valence-corrected chi connectivity index (χ1v) is 13.2. The summed E-state index contributed by atoms with van der Waals surface area (Å²) < 4.78 is 46.6. The monoisotopic (exact) mass is 524 g/mol. The van der Waals surface area contributed by atoms with Crippen molar-refractivity contribution in [3.8, 4) is 6.07 Å². The van der Waals surface area contributed by atoms with Crippen LogP contribution in [-0.4, -0.2) is 31.3 Å². The van der Waals surface area contributed by atoms with Crippen LogP contribution in [0.1, 0.15) is 70.5 Å². The zero-order valence-corrected chi connectivity index (χ0v) is 23.2. The average Bonchev–Trinajstić information content (AvgIpc) is 3.65. The molecule has 0 bridgehead atoms. The van der Waals surface area contributed by atoms with E-state index in [2.05, 4.69) is 29.5 Å². The van der Waals surface area contributed by atoms with E-state index in [1.165, 1.54) is 18.2 Å². The Bertz CT molecular complexity index is 1210. The van der Waals surface area contributed by atoms with Crippen LogP contribution >= 0.6 is 0 Å². The number of likely N-dealkylation sites (tertiary alicyclic amines) is 1. The van der Waals surface area contributed by atoms with Crippen molar-refractivity contribution in [1.82, 2.24) is 10.2 Å². The molecule has 0 amide bonds. The topological polar surface area (TPSA) is 51.4 Å². The molecular weight excluding hydrogens is 485 g/mol. The van der Waals surface area contributed by atoms with E-state index in [1.807, 2.05) is 31.9 Å². The standard InChI is InChI=1S/C31H39F3N4/c1-8-36-21(4)26(18-28(20(2)3)30(19-35)14-15-30)23(6)37-22(5)25-10-9-11-27(29(25)32)31(33,34)24-12-16-38(7)17-13-24/h8-11,18,22,24,37H,2,6,12-17H2,1,3-5,7H3/b26-21-,28-18?,36-8?/t22-/m1/s1. The minimum Gasteiger partial charge on any atom is -0.378 e. The maximum Gasteiger partial charge on any atom is 0.278 e. The van der Waals surface area contributed by atoms with E-state index in [1.54, 1.807) is 20.1 Å². The fourth-order valence-corrected chi connectivity index (χ4v) is 5.20. The average molecular weight is 525 g/mol. The number of halogens is 3. The number of hydrogen-bond acceptors (Lipinski definition) is 4. The van der Waals surface area contributed by atoms with Gasteiger partial charge in [0.25, 0.3) is 5.92 Å². The van der Waals surface area contributed by atoms with E-state index in [0.29, 0.717) is 42.9 Å². The number of benzene rings is 1. The first kappa shape index (κ1) is 29.4. The molecule has 1 N–H and O–H groups in total. The van der Waals surface area contributed by atoms with Gasteiger partial charge in [-0.1, -0.05) is 36.9 Å². The molecule has 7 heteroatoms. The van der Waals surface area contributed by atoms with E-state index >= 15 is 13.2 Å². The number of alkyl halides is 2. The second kappa shape index (κ2) is 11.7. The van der Waals surface area contributed by atoms with Crippen LogP contribution in [0.4, 0.5) is 13.2 Å². The molecule has 0 aromatic heterocycles. The molecule has 3 rings (SSSR count). The lowest BCUT2D eigenvalue weighted by Gasteiger charge is -2.34. The molecule has 4 nitrogen and oxygen atoms in total. The lowest BCUT2D eigenvalue weighted by Crippen LogP contribution is -2.38. The summed E-state index contributed by atoms with van der Waals surface area (Å²) in [6.45, 7) is 16.6. The van der Waals surface area contributed by atoms with Gasteiger partial charge in [0, 0.05) is 34.7 Å². The SMILES string of the molecule is C=C(C)C(=C/C(C(=C)N[C@H](C)c1cccc(C(F)(F)C2CCN(C)CC2)c1F)=C(\C)N=CC)C1(C#N)CC1. The minimum absolute atomic E-state index is 0.145. The van der Waals surface area contributed by atoms with Crippen molar-refractivity contribution in [1.29, 1.82) is 5.26 Å². The molecule has 1 atom stereocenters. The highest BCUT2D eigenvalue weighted by molar-refractivity contribution is 5.58. The van der Waals surface area contributed by atoms with Crippen molar-refractivity contribution >= 4 is 6.21 Å². The number of aliphatic imine (C=N–C) groups is 1. The van der Waals surface area contributed by atoms with Gasteiger partial charge in [-0.15, -0.1) is 0 Å². The molecule has 38 heavy (non-hydrogen) atoms. The third-order valence-electron chi connectivity index (χ3n) is 7.74. The van der Waals surface area contributed by atoms with Crippen LogP contribution in [0.2, 0.25) is 0 Å². The number of allylic oxidation sites excluding steroid dienone is 4. The second-order valence-electron chi connectivity index (χ2n) is 10.7. The molecule has 1 aromatic carbocycles. The van der Waals surface area contributed by atoms with Crippen molar-refractivity contribution < 1.29 is 13.2 Å². The van der Waals surface area contributed by atoms with E-state index in [0.717, 1.165) is 24.0 Å².